The summed E-state index contributed by atoms with van der Waals surface area (Å²) in [5.41, 5.74) is 36.9. The van der Waals surface area contributed by atoms with Crippen molar-refractivity contribution in [2.75, 3.05) is 19.7 Å². The number of aliphatic hydroxyl groups is 1. The Morgan fingerprint density at radius 2 is 1.68 bits per heavy atom. The lowest BCUT2D eigenvalue weighted by Crippen LogP contribution is -2.61. The van der Waals surface area contributed by atoms with Crippen molar-refractivity contribution in [3.8, 4) is 0 Å². The number of guanidine groups is 1. The number of amides is 7. The van der Waals surface area contributed by atoms with Crippen LogP contribution in [-0.4, -0.2) is 123 Å². The van der Waals surface area contributed by atoms with Crippen molar-refractivity contribution in [2.24, 2.45) is 45.5 Å². The largest absolute Gasteiger partial charge is 0.394 e. The van der Waals surface area contributed by atoms with Crippen molar-refractivity contribution in [3.63, 3.8) is 0 Å². The molecule has 2 aromatic rings. The number of aromatic nitrogens is 1. The fourth-order valence-corrected chi connectivity index (χ4v) is 7.78. The molecule has 2 aliphatic heterocycles. The molecule has 1 fully saturated rings. The Kier molecular flexibility index (Phi) is 17.0. The number of para-hydroxylation sites is 1. The number of aliphatic imine (C=N–C) groups is 1. The van der Waals surface area contributed by atoms with Gasteiger partial charge in [-0.25, -0.2) is 0 Å². The number of carbonyl (C=O) groups is 7. The Bertz CT molecular complexity index is 2220. The van der Waals surface area contributed by atoms with E-state index in [-0.39, 0.29) is 38.3 Å². The molecule has 0 saturated carbocycles. The number of primary amides is 2. The van der Waals surface area contributed by atoms with Crippen LogP contribution in [0.25, 0.3) is 10.9 Å². The summed E-state index contributed by atoms with van der Waals surface area (Å²) in [5.74, 6) is -6.84. The molecule has 23 heteroatoms. The van der Waals surface area contributed by atoms with Crippen molar-refractivity contribution in [1.29, 1.82) is 0 Å². The van der Waals surface area contributed by atoms with Crippen LogP contribution in [0.15, 0.2) is 71.3 Å². The lowest BCUT2D eigenvalue weighted by Gasteiger charge is -2.33. The van der Waals surface area contributed by atoms with E-state index in [4.69, 9.17) is 28.7 Å². The van der Waals surface area contributed by atoms with E-state index in [2.05, 4.69) is 42.2 Å². The second-order valence-corrected chi connectivity index (χ2v) is 16.3. The van der Waals surface area contributed by atoms with Crippen LogP contribution in [0.4, 0.5) is 0 Å². The quantitative estimate of drug-likeness (QED) is 0.0295. The number of nitrogens with two attached hydrogens (primary N) is 5. The highest BCUT2D eigenvalue weighted by atomic mass is 16.3. The van der Waals surface area contributed by atoms with Gasteiger partial charge in [-0.3, -0.25) is 43.6 Å². The summed E-state index contributed by atoms with van der Waals surface area (Å²) in [6.07, 6.45) is 10.5. The number of H-pyrrole nitrogens is 1. The van der Waals surface area contributed by atoms with E-state index in [0.717, 1.165) is 23.0 Å². The molecule has 1 unspecified atom stereocenters. The number of allylic oxidation sites excluding steroid dienone is 3. The highest BCUT2D eigenvalue weighted by Gasteiger charge is 2.46. The smallest absolute Gasteiger partial charge is 0.246 e. The highest BCUT2D eigenvalue weighted by molar-refractivity contribution is 5.98. The molecule has 7 amide bonds. The van der Waals surface area contributed by atoms with Crippen LogP contribution in [0.5, 0.6) is 0 Å². The average Bonchev–Trinajstić information content (AvgIpc) is 4.12. The maximum absolute atomic E-state index is 14.9. The van der Waals surface area contributed by atoms with E-state index in [1.54, 1.807) is 25.1 Å². The van der Waals surface area contributed by atoms with Gasteiger partial charge in [0.25, 0.3) is 0 Å². The van der Waals surface area contributed by atoms with E-state index < -0.39 is 102 Å². The molecule has 3 aliphatic rings. The minimum Gasteiger partial charge on any atom is -0.394 e. The third-order valence-electron chi connectivity index (χ3n) is 11.6. The van der Waals surface area contributed by atoms with Crippen molar-refractivity contribution >= 4 is 58.2 Å². The normalized spacial score (nSPS) is 19.4. The van der Waals surface area contributed by atoms with Crippen LogP contribution in [0, 0.1) is 11.8 Å². The lowest BCUT2D eigenvalue weighted by molar-refractivity contribution is -0.143. The Balaban J connectivity index is 1.43. The van der Waals surface area contributed by atoms with Gasteiger partial charge in [-0.15, -0.1) is 5.53 Å². The Hall–Kier alpha value is -6.98. The fraction of sp³-hybridized carbons (Fsp3) is 0.476. The number of nitrogens with zero attached hydrogens (tertiary/aromatic N) is 3. The molecular formula is C42H61N15O8. The Morgan fingerprint density at radius 1 is 0.954 bits per heavy atom. The van der Waals surface area contributed by atoms with E-state index in [1.807, 2.05) is 48.7 Å². The average molecular weight is 904 g/mol. The molecule has 352 valence electrons. The van der Waals surface area contributed by atoms with Crippen LogP contribution in [0.2, 0.25) is 0 Å². The highest BCUT2D eigenvalue weighted by Crippen LogP contribution is 2.32. The summed E-state index contributed by atoms with van der Waals surface area (Å²) in [6, 6.07) is -0.539. The maximum atomic E-state index is 14.9. The number of likely N-dealkylation sites (tertiary alicyclic amines) is 1. The van der Waals surface area contributed by atoms with E-state index in [9.17, 15) is 38.7 Å². The van der Waals surface area contributed by atoms with Gasteiger partial charge in [-0.05, 0) is 49.3 Å². The van der Waals surface area contributed by atoms with Crippen molar-refractivity contribution in [3.05, 3.63) is 71.8 Å². The zero-order chi connectivity index (χ0) is 47.4. The standard InChI is InChI=1S/C42H61N15O8/c1-3-22(2)35(53-39(63)30(17-34(44)59)50-37(61)27(43)12-8-14-48-42(46)47)41(65)56-19-24(31-20-57(55-54-31)25-9-4-5-10-25)16-33(56)40(64)51-29(38(62)52-32(21-58)36(45)60)15-23-18-49-28-13-7-6-11-26(23)28/h4,6-7,9-11,13,18,20,22,24,27,29-30,32-33,35,49,54-55,58H,3,5,8,12,14-17,19,21,43H2,1-2H3,(H2,44,59)(H2,45,60)(H,50,61)(H,51,64)(H,52,62)(H,53,63)(H4,46,47,48)/t22-,24?,27-,29-,30-,32-,33-,35-/m0/s1. The first-order valence-corrected chi connectivity index (χ1v) is 21.5. The maximum Gasteiger partial charge on any atom is 0.246 e. The predicted octanol–water partition coefficient (Wildman–Crippen LogP) is -3.34. The van der Waals surface area contributed by atoms with Crippen LogP contribution >= 0.6 is 0 Å². The minimum atomic E-state index is -1.51. The van der Waals surface area contributed by atoms with Crippen molar-refractivity contribution < 1.29 is 38.7 Å². The molecule has 3 heterocycles. The molecule has 5 rings (SSSR count). The number of fused-ring (bicyclic) bond motifs is 1. The number of hydrogen-bond acceptors (Lipinski definition) is 13. The van der Waals surface area contributed by atoms with Crippen LogP contribution < -0.4 is 60.9 Å². The van der Waals surface area contributed by atoms with E-state index in [0.29, 0.717) is 24.1 Å². The number of benzene rings is 1. The van der Waals surface area contributed by atoms with Gasteiger partial charge in [0.1, 0.15) is 30.2 Å². The van der Waals surface area contributed by atoms with Gasteiger partial charge in [-0.2, -0.15) is 0 Å². The van der Waals surface area contributed by atoms with Crippen molar-refractivity contribution in [1.82, 2.24) is 47.1 Å². The number of rotatable bonds is 23. The van der Waals surface area contributed by atoms with Gasteiger partial charge in [0.15, 0.2) is 5.96 Å². The van der Waals surface area contributed by atoms with Crippen LogP contribution in [0.1, 0.15) is 57.9 Å². The number of aliphatic hydroxyl groups excluding tert-OH is 1. The lowest BCUT2D eigenvalue weighted by atomic mass is 9.96. The summed E-state index contributed by atoms with van der Waals surface area (Å²) in [6.45, 7) is 2.94. The molecule has 1 saturated heterocycles. The van der Waals surface area contributed by atoms with Gasteiger partial charge in [0.2, 0.25) is 41.4 Å². The molecule has 65 heavy (non-hydrogen) atoms. The third-order valence-corrected chi connectivity index (χ3v) is 11.6. The first-order chi connectivity index (χ1) is 31.0. The molecule has 0 bridgehead atoms. The number of nitrogens with one attached hydrogen (secondary N) is 7. The third kappa shape index (κ3) is 12.8. The molecular weight excluding hydrogens is 843 g/mol. The zero-order valence-corrected chi connectivity index (χ0v) is 36.4. The zero-order valence-electron chi connectivity index (χ0n) is 36.4. The summed E-state index contributed by atoms with van der Waals surface area (Å²) >= 11 is 0. The summed E-state index contributed by atoms with van der Waals surface area (Å²) in [4.78, 5) is 103. The number of aromatic amines is 1. The fourth-order valence-electron chi connectivity index (χ4n) is 7.78. The van der Waals surface area contributed by atoms with Gasteiger partial charge < -0.3 is 70.4 Å². The molecule has 23 nitrogen and oxygen atoms in total. The second-order valence-electron chi connectivity index (χ2n) is 16.3. The molecule has 1 aromatic heterocycles. The Labute approximate surface area is 375 Å². The number of hydrogen-bond donors (Lipinski definition) is 13. The molecule has 8 atom stereocenters. The Morgan fingerprint density at radius 3 is 2.34 bits per heavy atom. The summed E-state index contributed by atoms with van der Waals surface area (Å²) in [5, 5.41) is 22.8. The van der Waals surface area contributed by atoms with Gasteiger partial charge >= 0.3 is 0 Å². The first kappa shape index (κ1) is 49.0. The van der Waals surface area contributed by atoms with Crippen LogP contribution in [-0.2, 0) is 40.0 Å². The molecule has 1 aromatic carbocycles. The van der Waals surface area contributed by atoms with Gasteiger partial charge in [-0.1, -0.05) is 50.6 Å². The second kappa shape index (κ2) is 22.6. The predicted molar refractivity (Wildman–Crippen MR) is 239 cm³/mol. The van der Waals surface area contributed by atoms with Crippen molar-refractivity contribution in [2.45, 2.75) is 95.0 Å². The summed E-state index contributed by atoms with van der Waals surface area (Å²) in [7, 11) is 0. The van der Waals surface area contributed by atoms with Crippen LogP contribution in [0.3, 0.4) is 0 Å². The van der Waals surface area contributed by atoms with Gasteiger partial charge in [0.05, 0.1) is 30.5 Å². The number of hydrazine groups is 2. The first-order valence-electron chi connectivity index (χ1n) is 21.5. The SMILES string of the molecule is CC[C@H](C)[C@H](NC(=O)[C@H](CC(N)=O)NC(=O)[C@@H](N)CCCN=C(N)N)C(=O)N1CC(C2=CN(C3=CCC=C3)NN2)C[C@H]1C(=O)N[C@@H](Cc1c[nH]c2ccccc12)C(=O)N[C@@H](CO)C(N)=O. The van der Waals surface area contributed by atoms with E-state index >= 15 is 0 Å². The molecule has 0 spiro atoms. The van der Waals surface area contributed by atoms with Gasteiger partial charge in [0, 0.05) is 48.7 Å². The van der Waals surface area contributed by atoms with E-state index in [1.165, 1.54) is 4.90 Å². The number of carbonyl (C=O) groups excluding carboxylic acids is 7. The topological polar surface area (TPSA) is 377 Å². The summed E-state index contributed by atoms with van der Waals surface area (Å²) < 4.78 is 0. The molecule has 0 radical (unpaired) electrons. The molecule has 18 N–H and O–H groups in total. The molecule has 1 aliphatic carbocycles. The monoisotopic (exact) mass is 903 g/mol. The minimum absolute atomic E-state index is 0.00725.